The van der Waals surface area contributed by atoms with Crippen molar-refractivity contribution in [1.29, 1.82) is 0 Å². The van der Waals surface area contributed by atoms with Crippen LogP contribution in [-0.4, -0.2) is 69.3 Å². The van der Waals surface area contributed by atoms with Crippen LogP contribution in [0.1, 0.15) is 11.8 Å². The van der Waals surface area contributed by atoms with Crippen LogP contribution in [0, 0.1) is 0 Å². The topological polar surface area (TPSA) is 106 Å². The summed E-state index contributed by atoms with van der Waals surface area (Å²) in [6.07, 6.45) is 1.81. The molecule has 0 atom stereocenters. The molecule has 0 bridgehead atoms. The maximum atomic E-state index is 12.4. The number of hydrogen-bond acceptors (Lipinski definition) is 7. The third-order valence-corrected chi connectivity index (χ3v) is 5.59. The summed E-state index contributed by atoms with van der Waals surface area (Å²) in [6.45, 7) is 6.03. The van der Waals surface area contributed by atoms with Gasteiger partial charge in [-0.2, -0.15) is 0 Å². The van der Waals surface area contributed by atoms with Gasteiger partial charge in [-0.05, 0) is 12.1 Å². The lowest BCUT2D eigenvalue weighted by Gasteiger charge is -2.33. The molecule has 3 N–H and O–H groups in total. The summed E-state index contributed by atoms with van der Waals surface area (Å²) in [5, 5.41) is 6.19. The average Bonchev–Trinajstić information content (AvgIpc) is 3.28. The fraction of sp³-hybridized carbons (Fsp3) is 0.368. The Morgan fingerprint density at radius 1 is 1.14 bits per heavy atom. The minimum Gasteiger partial charge on any atom is -0.324 e. The maximum Gasteiger partial charge on any atom is 0.240 e. The number of piperazine rings is 1. The van der Waals surface area contributed by atoms with Gasteiger partial charge in [-0.15, -0.1) is 11.3 Å². The number of anilines is 2. The van der Waals surface area contributed by atoms with E-state index in [1.54, 1.807) is 0 Å². The number of nitrogens with zero attached hydrogens (tertiary/aromatic N) is 4. The zero-order valence-electron chi connectivity index (χ0n) is 16.1. The second-order valence-corrected chi connectivity index (χ2v) is 8.13. The van der Waals surface area contributed by atoms with E-state index in [1.165, 1.54) is 18.3 Å². The number of amides is 2. The quantitative estimate of drug-likeness (QED) is 0.568. The number of benzene rings is 1. The standard InChI is InChI=1S/C19H23N7O2S/c1-13(27)21-19-20-10-14(29-19)11-25-6-8-26(9-7-25)12-17(28)24-18-22-15-4-2-3-5-16(15)23-18/h2-5,10H,6-9,11-12H2,1H3,(H,20,21,27)(H2,22,23,24,28). The first-order chi connectivity index (χ1) is 14.0. The molecule has 1 aliphatic rings. The van der Waals surface area contributed by atoms with Gasteiger partial charge in [0.05, 0.1) is 17.6 Å². The molecule has 3 heterocycles. The van der Waals surface area contributed by atoms with Crippen LogP contribution in [0.5, 0.6) is 0 Å². The summed E-state index contributed by atoms with van der Waals surface area (Å²) < 4.78 is 0. The number of fused-ring (bicyclic) bond motifs is 1. The molecule has 0 spiro atoms. The van der Waals surface area contributed by atoms with Crippen LogP contribution in [0.25, 0.3) is 11.0 Å². The number of hydrogen-bond donors (Lipinski definition) is 3. The van der Waals surface area contributed by atoms with Crippen molar-refractivity contribution >= 4 is 45.3 Å². The molecule has 0 saturated carbocycles. The van der Waals surface area contributed by atoms with E-state index in [0.717, 1.165) is 48.6 Å². The van der Waals surface area contributed by atoms with Crippen LogP contribution in [0.2, 0.25) is 0 Å². The fourth-order valence-electron chi connectivity index (χ4n) is 3.30. The number of nitrogens with one attached hydrogen (secondary N) is 3. The number of aromatic nitrogens is 3. The van der Waals surface area contributed by atoms with E-state index in [1.807, 2.05) is 30.5 Å². The van der Waals surface area contributed by atoms with Gasteiger partial charge >= 0.3 is 0 Å². The van der Waals surface area contributed by atoms with E-state index in [0.29, 0.717) is 17.6 Å². The SMILES string of the molecule is CC(=O)Nc1ncc(CN2CCN(CC(=O)Nc3nc4ccccc4[nH]3)CC2)s1. The van der Waals surface area contributed by atoms with Crippen LogP contribution < -0.4 is 10.6 Å². The number of H-pyrrole nitrogens is 1. The van der Waals surface area contributed by atoms with E-state index >= 15 is 0 Å². The van der Waals surface area contributed by atoms with Crippen molar-refractivity contribution in [2.24, 2.45) is 0 Å². The second-order valence-electron chi connectivity index (χ2n) is 7.02. The number of thiazole rings is 1. The molecule has 0 unspecified atom stereocenters. The normalized spacial score (nSPS) is 15.5. The molecule has 2 amide bonds. The Morgan fingerprint density at radius 3 is 2.66 bits per heavy atom. The molecule has 0 radical (unpaired) electrons. The van der Waals surface area contributed by atoms with Crippen molar-refractivity contribution in [1.82, 2.24) is 24.8 Å². The lowest BCUT2D eigenvalue weighted by molar-refractivity contribution is -0.118. The number of aromatic amines is 1. The molecule has 2 aromatic heterocycles. The first kappa shape index (κ1) is 19.5. The molecule has 29 heavy (non-hydrogen) atoms. The van der Waals surface area contributed by atoms with Gasteiger partial charge in [0, 0.05) is 50.7 Å². The first-order valence-corrected chi connectivity index (χ1v) is 10.3. The number of carbonyl (C=O) groups is 2. The monoisotopic (exact) mass is 413 g/mol. The molecule has 0 aliphatic carbocycles. The Labute approximate surface area is 172 Å². The molecule has 9 nitrogen and oxygen atoms in total. The zero-order valence-corrected chi connectivity index (χ0v) is 17.0. The van der Waals surface area contributed by atoms with Gasteiger partial charge < -0.3 is 10.3 Å². The fourth-order valence-corrected chi connectivity index (χ4v) is 4.20. The Hall–Kier alpha value is -2.82. The number of imidazole rings is 1. The first-order valence-electron chi connectivity index (χ1n) is 9.47. The van der Waals surface area contributed by atoms with E-state index in [-0.39, 0.29) is 11.8 Å². The van der Waals surface area contributed by atoms with Crippen molar-refractivity contribution in [3.8, 4) is 0 Å². The highest BCUT2D eigenvalue weighted by molar-refractivity contribution is 7.15. The molecule has 1 aromatic carbocycles. The maximum absolute atomic E-state index is 12.4. The highest BCUT2D eigenvalue weighted by Crippen LogP contribution is 2.20. The summed E-state index contributed by atoms with van der Waals surface area (Å²) >= 11 is 1.50. The van der Waals surface area contributed by atoms with E-state index in [9.17, 15) is 9.59 Å². The van der Waals surface area contributed by atoms with Gasteiger partial charge in [0.15, 0.2) is 5.13 Å². The summed E-state index contributed by atoms with van der Waals surface area (Å²) in [6, 6.07) is 7.68. The van der Waals surface area contributed by atoms with Crippen molar-refractivity contribution < 1.29 is 9.59 Å². The largest absolute Gasteiger partial charge is 0.324 e. The Morgan fingerprint density at radius 2 is 1.90 bits per heavy atom. The van der Waals surface area contributed by atoms with Gasteiger partial charge in [0.25, 0.3) is 0 Å². The summed E-state index contributed by atoms with van der Waals surface area (Å²) in [5.41, 5.74) is 1.74. The van der Waals surface area contributed by atoms with Crippen molar-refractivity contribution in [2.75, 3.05) is 43.4 Å². The predicted octanol–water partition coefficient (Wildman–Crippen LogP) is 1.73. The number of carbonyl (C=O) groups excluding carboxylic acids is 2. The lowest BCUT2D eigenvalue weighted by Crippen LogP contribution is -2.48. The average molecular weight is 414 g/mol. The van der Waals surface area contributed by atoms with Crippen molar-refractivity contribution in [2.45, 2.75) is 13.5 Å². The number of para-hydroxylation sites is 2. The van der Waals surface area contributed by atoms with Crippen LogP contribution in [-0.2, 0) is 16.1 Å². The Bertz CT molecular complexity index is 974. The molecule has 1 fully saturated rings. The smallest absolute Gasteiger partial charge is 0.240 e. The Kier molecular flexibility index (Phi) is 5.84. The van der Waals surface area contributed by atoms with Gasteiger partial charge in [-0.1, -0.05) is 12.1 Å². The van der Waals surface area contributed by atoms with E-state index in [4.69, 9.17) is 0 Å². The summed E-state index contributed by atoms with van der Waals surface area (Å²) in [5.74, 6) is 0.301. The summed E-state index contributed by atoms with van der Waals surface area (Å²) in [7, 11) is 0. The lowest BCUT2D eigenvalue weighted by atomic mass is 10.3. The third kappa shape index (κ3) is 5.17. The highest BCUT2D eigenvalue weighted by atomic mass is 32.1. The second kappa shape index (κ2) is 8.68. The number of rotatable bonds is 6. The molecule has 3 aromatic rings. The molecular formula is C19H23N7O2S. The Balaban J connectivity index is 1.22. The summed E-state index contributed by atoms with van der Waals surface area (Å²) in [4.78, 5) is 40.8. The van der Waals surface area contributed by atoms with Gasteiger partial charge in [-0.25, -0.2) is 9.97 Å². The van der Waals surface area contributed by atoms with E-state index < -0.39 is 0 Å². The van der Waals surface area contributed by atoms with Crippen LogP contribution in [0.15, 0.2) is 30.5 Å². The van der Waals surface area contributed by atoms with Gasteiger partial charge in [0.1, 0.15) is 0 Å². The van der Waals surface area contributed by atoms with Gasteiger partial charge in [-0.3, -0.25) is 24.7 Å². The van der Waals surface area contributed by atoms with E-state index in [2.05, 4.69) is 35.4 Å². The zero-order chi connectivity index (χ0) is 20.2. The third-order valence-electron chi connectivity index (χ3n) is 4.70. The predicted molar refractivity (Wildman–Crippen MR) is 113 cm³/mol. The molecule has 4 rings (SSSR count). The van der Waals surface area contributed by atoms with Crippen molar-refractivity contribution in [3.63, 3.8) is 0 Å². The van der Waals surface area contributed by atoms with Crippen molar-refractivity contribution in [3.05, 3.63) is 35.3 Å². The van der Waals surface area contributed by atoms with Crippen LogP contribution in [0.4, 0.5) is 11.1 Å². The minimum atomic E-state index is -0.111. The van der Waals surface area contributed by atoms with Crippen LogP contribution in [0.3, 0.4) is 0 Å². The van der Waals surface area contributed by atoms with Gasteiger partial charge in [0.2, 0.25) is 17.8 Å². The molecule has 152 valence electrons. The molecular weight excluding hydrogens is 390 g/mol. The molecule has 10 heteroatoms. The highest BCUT2D eigenvalue weighted by Gasteiger charge is 2.20. The van der Waals surface area contributed by atoms with Crippen LogP contribution >= 0.6 is 11.3 Å². The molecule has 1 saturated heterocycles. The minimum absolute atomic E-state index is 0.0695. The molecule has 1 aliphatic heterocycles.